The van der Waals surface area contributed by atoms with Crippen LogP contribution in [0.3, 0.4) is 0 Å². The third kappa shape index (κ3) is 5.72. The quantitative estimate of drug-likeness (QED) is 0.249. The van der Waals surface area contributed by atoms with Crippen molar-refractivity contribution in [3.05, 3.63) is 59.6 Å². The topological polar surface area (TPSA) is 135 Å². The van der Waals surface area contributed by atoms with Crippen molar-refractivity contribution in [2.24, 2.45) is 10.7 Å². The van der Waals surface area contributed by atoms with Gasteiger partial charge in [0.1, 0.15) is 0 Å². The number of nitrogens with one attached hydrogen (secondary N) is 3. The van der Waals surface area contributed by atoms with Crippen LogP contribution < -0.4 is 21.7 Å². The Labute approximate surface area is 187 Å². The Balaban J connectivity index is 1.37. The number of nitrogens with two attached hydrogens (primary N) is 1. The molecule has 1 aliphatic rings. The van der Waals surface area contributed by atoms with Crippen molar-refractivity contribution in [3.63, 3.8) is 0 Å². The molecule has 1 aromatic heterocycles. The molecule has 1 saturated heterocycles. The summed E-state index contributed by atoms with van der Waals surface area (Å²) in [5.41, 5.74) is 7.59. The summed E-state index contributed by atoms with van der Waals surface area (Å²) in [6.45, 7) is 0. The SMILES string of the molecule is N/C(=N\C1NC(=O)CC(CSc2nnnn2-c2ccccc2)N1)Nc1ccc(Cl)cc1. The first-order chi connectivity index (χ1) is 15.1. The predicted molar refractivity (Wildman–Crippen MR) is 120 cm³/mol. The summed E-state index contributed by atoms with van der Waals surface area (Å²) in [4.78, 5) is 16.5. The van der Waals surface area contributed by atoms with Crippen LogP contribution in [-0.2, 0) is 4.79 Å². The fraction of sp³-hybridized carbons (Fsp3) is 0.211. The molecule has 12 heteroatoms. The van der Waals surface area contributed by atoms with E-state index in [0.29, 0.717) is 22.4 Å². The van der Waals surface area contributed by atoms with Gasteiger partial charge in [0.05, 0.1) is 5.69 Å². The summed E-state index contributed by atoms with van der Waals surface area (Å²) in [6.07, 6.45) is -0.326. The number of aliphatic imine (C=N–C) groups is 1. The van der Waals surface area contributed by atoms with Crippen LogP contribution in [0.25, 0.3) is 5.69 Å². The van der Waals surface area contributed by atoms with E-state index in [9.17, 15) is 4.79 Å². The number of aromatic nitrogens is 4. The lowest BCUT2D eigenvalue weighted by Gasteiger charge is -2.29. The van der Waals surface area contributed by atoms with E-state index in [4.69, 9.17) is 17.3 Å². The maximum Gasteiger partial charge on any atom is 0.224 e. The Bertz CT molecular complexity index is 1060. The van der Waals surface area contributed by atoms with Crippen molar-refractivity contribution in [2.75, 3.05) is 11.1 Å². The second kappa shape index (κ2) is 9.77. The Morgan fingerprint density at radius 3 is 2.81 bits per heavy atom. The molecular weight excluding hydrogens is 438 g/mol. The van der Waals surface area contributed by atoms with E-state index in [1.54, 1.807) is 28.9 Å². The zero-order valence-electron chi connectivity index (χ0n) is 16.3. The van der Waals surface area contributed by atoms with Crippen LogP contribution in [0.2, 0.25) is 5.02 Å². The van der Waals surface area contributed by atoms with Gasteiger partial charge in [-0.1, -0.05) is 41.6 Å². The summed E-state index contributed by atoms with van der Waals surface area (Å²) in [5, 5.41) is 22.2. The average molecular weight is 458 g/mol. The number of amides is 1. The zero-order valence-corrected chi connectivity index (χ0v) is 17.8. The van der Waals surface area contributed by atoms with E-state index >= 15 is 0 Å². The number of hydrogen-bond donors (Lipinski definition) is 4. The molecule has 5 N–H and O–H groups in total. The molecule has 2 aromatic carbocycles. The molecule has 0 aliphatic carbocycles. The number of hydrogen-bond acceptors (Lipinski definition) is 7. The number of para-hydroxylation sites is 1. The fourth-order valence-corrected chi connectivity index (χ4v) is 4.01. The van der Waals surface area contributed by atoms with Gasteiger partial charge in [0.2, 0.25) is 11.1 Å². The van der Waals surface area contributed by atoms with Crippen molar-refractivity contribution in [1.82, 2.24) is 30.8 Å². The molecule has 0 bridgehead atoms. The van der Waals surface area contributed by atoms with Gasteiger partial charge in [0, 0.05) is 28.9 Å². The largest absolute Gasteiger partial charge is 0.370 e. The molecule has 2 atom stereocenters. The summed E-state index contributed by atoms with van der Waals surface area (Å²) < 4.78 is 1.66. The third-order valence-corrected chi connectivity index (χ3v) is 5.70. The average Bonchev–Trinajstić information content (AvgIpc) is 3.23. The zero-order chi connectivity index (χ0) is 21.6. The van der Waals surface area contributed by atoms with Crippen LogP contribution in [-0.4, -0.2) is 50.2 Å². The maximum absolute atomic E-state index is 12.2. The minimum atomic E-state index is -0.642. The highest BCUT2D eigenvalue weighted by molar-refractivity contribution is 7.99. The van der Waals surface area contributed by atoms with Gasteiger partial charge in [-0.3, -0.25) is 10.1 Å². The lowest BCUT2D eigenvalue weighted by atomic mass is 10.2. The molecule has 0 saturated carbocycles. The molecular formula is C19H20ClN9OS. The number of anilines is 1. The van der Waals surface area contributed by atoms with Gasteiger partial charge in [-0.2, -0.15) is 4.68 Å². The van der Waals surface area contributed by atoms with Gasteiger partial charge in [0.25, 0.3) is 0 Å². The number of thioether (sulfide) groups is 1. The monoisotopic (exact) mass is 457 g/mol. The Morgan fingerprint density at radius 2 is 2.03 bits per heavy atom. The van der Waals surface area contributed by atoms with Crippen LogP contribution in [0.1, 0.15) is 6.42 Å². The molecule has 1 amide bonds. The lowest BCUT2D eigenvalue weighted by molar-refractivity contribution is -0.124. The minimum absolute atomic E-state index is 0.111. The Kier molecular flexibility index (Phi) is 6.65. The predicted octanol–water partition coefficient (Wildman–Crippen LogP) is 1.60. The molecule has 0 radical (unpaired) electrons. The van der Waals surface area contributed by atoms with Crippen LogP contribution >= 0.6 is 23.4 Å². The van der Waals surface area contributed by atoms with Crippen molar-refractivity contribution < 1.29 is 4.79 Å². The van der Waals surface area contributed by atoms with E-state index in [2.05, 4.69) is 36.5 Å². The fourth-order valence-electron chi connectivity index (χ4n) is 2.96. The highest BCUT2D eigenvalue weighted by atomic mass is 35.5. The van der Waals surface area contributed by atoms with Crippen LogP contribution in [0.5, 0.6) is 0 Å². The number of carbonyl (C=O) groups excluding carboxylic acids is 1. The van der Waals surface area contributed by atoms with Gasteiger partial charge in [-0.25, -0.2) is 4.99 Å². The Morgan fingerprint density at radius 1 is 1.26 bits per heavy atom. The summed E-state index contributed by atoms with van der Waals surface area (Å²) in [7, 11) is 0. The first kappa shape index (κ1) is 21.1. The minimum Gasteiger partial charge on any atom is -0.370 e. The van der Waals surface area contributed by atoms with E-state index in [1.165, 1.54) is 11.8 Å². The standard InChI is InChI=1S/C19H20ClN9OS/c20-12-6-8-13(9-7-12)22-17(21)25-18-23-14(10-16(30)24-18)11-31-19-26-27-28-29(19)15-4-2-1-3-5-15/h1-9,14,18,23H,10-11H2,(H,24,30)(H3,21,22,25). The number of halogens is 1. The van der Waals surface area contributed by atoms with Crippen molar-refractivity contribution in [3.8, 4) is 5.69 Å². The molecule has 2 unspecified atom stereocenters. The van der Waals surface area contributed by atoms with Gasteiger partial charge < -0.3 is 16.4 Å². The molecule has 31 heavy (non-hydrogen) atoms. The Hall–Kier alpha value is -3.15. The lowest BCUT2D eigenvalue weighted by Crippen LogP contribution is -2.57. The van der Waals surface area contributed by atoms with Gasteiger partial charge in [-0.05, 0) is 46.8 Å². The number of benzene rings is 2. The highest BCUT2D eigenvalue weighted by Gasteiger charge is 2.26. The normalized spacial score (nSPS) is 19.1. The number of tetrazole rings is 1. The van der Waals surface area contributed by atoms with Crippen LogP contribution in [0, 0.1) is 0 Å². The molecule has 0 spiro atoms. The van der Waals surface area contributed by atoms with Gasteiger partial charge in [0.15, 0.2) is 12.2 Å². The second-order valence-electron chi connectivity index (χ2n) is 6.70. The first-order valence-corrected chi connectivity index (χ1v) is 10.8. The number of carbonyl (C=O) groups is 1. The molecule has 1 aliphatic heterocycles. The molecule has 4 rings (SSSR count). The van der Waals surface area contributed by atoms with E-state index in [0.717, 1.165) is 11.4 Å². The smallest absolute Gasteiger partial charge is 0.224 e. The van der Waals surface area contributed by atoms with Crippen molar-refractivity contribution in [1.29, 1.82) is 0 Å². The number of rotatable bonds is 6. The van der Waals surface area contributed by atoms with Crippen LogP contribution in [0.4, 0.5) is 5.69 Å². The molecule has 2 heterocycles. The van der Waals surface area contributed by atoms with E-state index in [1.807, 2.05) is 30.3 Å². The molecule has 3 aromatic rings. The van der Waals surface area contributed by atoms with Crippen molar-refractivity contribution in [2.45, 2.75) is 23.9 Å². The summed E-state index contributed by atoms with van der Waals surface area (Å²) in [5.74, 6) is 0.637. The summed E-state index contributed by atoms with van der Waals surface area (Å²) >= 11 is 7.34. The second-order valence-corrected chi connectivity index (χ2v) is 8.13. The van der Waals surface area contributed by atoms with E-state index in [-0.39, 0.29) is 17.9 Å². The molecule has 10 nitrogen and oxygen atoms in total. The van der Waals surface area contributed by atoms with Gasteiger partial charge >= 0.3 is 0 Å². The van der Waals surface area contributed by atoms with Gasteiger partial charge in [-0.15, -0.1) is 5.10 Å². The van der Waals surface area contributed by atoms with Crippen molar-refractivity contribution >= 4 is 40.9 Å². The maximum atomic E-state index is 12.2. The molecule has 160 valence electrons. The third-order valence-electron chi connectivity index (χ3n) is 4.36. The number of nitrogens with zero attached hydrogens (tertiary/aromatic N) is 5. The first-order valence-electron chi connectivity index (χ1n) is 9.45. The van der Waals surface area contributed by atoms with E-state index < -0.39 is 6.29 Å². The molecule has 1 fully saturated rings. The highest BCUT2D eigenvalue weighted by Crippen LogP contribution is 2.20. The summed E-state index contributed by atoms with van der Waals surface area (Å²) in [6, 6.07) is 16.6. The number of guanidine groups is 1. The van der Waals surface area contributed by atoms with Crippen LogP contribution in [0.15, 0.2) is 64.7 Å².